The van der Waals surface area contributed by atoms with E-state index in [1.807, 2.05) is 0 Å². The van der Waals surface area contributed by atoms with Crippen LogP contribution in [0.25, 0.3) is 0 Å². The van der Waals surface area contributed by atoms with E-state index < -0.39 is 0 Å². The van der Waals surface area contributed by atoms with Gasteiger partial charge in [0, 0.05) is 25.3 Å². The highest BCUT2D eigenvalue weighted by molar-refractivity contribution is 5.42. The van der Waals surface area contributed by atoms with E-state index in [2.05, 4.69) is 35.9 Å². The Morgan fingerprint density at radius 1 is 1.33 bits per heavy atom. The summed E-state index contributed by atoms with van der Waals surface area (Å²) >= 11 is 0. The molecule has 0 aromatic carbocycles. The number of anilines is 1. The summed E-state index contributed by atoms with van der Waals surface area (Å²) in [5.74, 6) is 2.01. The molecule has 1 aromatic rings. The van der Waals surface area contributed by atoms with Crippen molar-refractivity contribution in [3.05, 3.63) is 23.4 Å². The summed E-state index contributed by atoms with van der Waals surface area (Å²) in [5, 5.41) is 0. The molecule has 1 aromatic heterocycles. The lowest BCUT2D eigenvalue weighted by atomic mass is 9.98. The quantitative estimate of drug-likeness (QED) is 0.893. The van der Waals surface area contributed by atoms with Crippen molar-refractivity contribution < 1.29 is 0 Å². The Hall–Kier alpha value is -1.09. The van der Waals surface area contributed by atoms with E-state index in [-0.39, 0.29) is 0 Å². The van der Waals surface area contributed by atoms with Gasteiger partial charge in [0.1, 0.15) is 5.82 Å². The largest absolute Gasteiger partial charge is 0.357 e. The van der Waals surface area contributed by atoms with Crippen LogP contribution in [0.5, 0.6) is 0 Å². The molecule has 2 rings (SSSR count). The number of pyridine rings is 1. The van der Waals surface area contributed by atoms with Gasteiger partial charge in [-0.2, -0.15) is 0 Å². The van der Waals surface area contributed by atoms with Gasteiger partial charge in [0.25, 0.3) is 0 Å². The van der Waals surface area contributed by atoms with Gasteiger partial charge in [0.15, 0.2) is 0 Å². The maximum atomic E-state index is 5.75. The van der Waals surface area contributed by atoms with Gasteiger partial charge in [-0.1, -0.05) is 13.3 Å². The zero-order valence-electron chi connectivity index (χ0n) is 11.7. The van der Waals surface area contributed by atoms with E-state index in [1.165, 1.54) is 31.2 Å². The molecule has 3 nitrogen and oxygen atoms in total. The molecule has 2 heterocycles. The third kappa shape index (κ3) is 3.22. The van der Waals surface area contributed by atoms with Gasteiger partial charge in [-0.3, -0.25) is 0 Å². The molecule has 0 amide bonds. The van der Waals surface area contributed by atoms with Crippen LogP contribution in [-0.2, 0) is 6.54 Å². The first-order valence-electron chi connectivity index (χ1n) is 7.15. The van der Waals surface area contributed by atoms with Crippen LogP contribution >= 0.6 is 0 Å². The van der Waals surface area contributed by atoms with Crippen molar-refractivity contribution in [1.29, 1.82) is 0 Å². The average Bonchev–Trinajstić information content (AvgIpc) is 2.63. The molecule has 0 aliphatic carbocycles. The summed E-state index contributed by atoms with van der Waals surface area (Å²) in [4.78, 5) is 7.10. The Kier molecular flexibility index (Phi) is 4.59. The molecule has 0 saturated carbocycles. The fourth-order valence-corrected chi connectivity index (χ4v) is 2.80. The number of hydrogen-bond acceptors (Lipinski definition) is 3. The SMILES string of the molecule is CCC1CCCN(c2cc(CN)cc(C)n2)CC1. The first-order chi connectivity index (χ1) is 8.72. The Labute approximate surface area is 110 Å². The van der Waals surface area contributed by atoms with Crippen molar-refractivity contribution in [3.63, 3.8) is 0 Å². The van der Waals surface area contributed by atoms with Gasteiger partial charge < -0.3 is 10.6 Å². The summed E-state index contributed by atoms with van der Waals surface area (Å²) in [7, 11) is 0. The average molecular weight is 247 g/mol. The fourth-order valence-electron chi connectivity index (χ4n) is 2.80. The molecule has 0 spiro atoms. The molecule has 18 heavy (non-hydrogen) atoms. The van der Waals surface area contributed by atoms with Crippen molar-refractivity contribution in [2.45, 2.75) is 46.1 Å². The minimum absolute atomic E-state index is 0.599. The highest BCUT2D eigenvalue weighted by Crippen LogP contribution is 2.24. The zero-order chi connectivity index (χ0) is 13.0. The predicted molar refractivity (Wildman–Crippen MR) is 76.7 cm³/mol. The number of nitrogens with two attached hydrogens (primary N) is 1. The smallest absolute Gasteiger partial charge is 0.129 e. The Morgan fingerprint density at radius 3 is 2.89 bits per heavy atom. The third-order valence-corrected chi connectivity index (χ3v) is 3.98. The van der Waals surface area contributed by atoms with Crippen LogP contribution in [0, 0.1) is 12.8 Å². The summed E-state index contributed by atoms with van der Waals surface area (Å²) in [6, 6.07) is 4.23. The highest BCUT2D eigenvalue weighted by Gasteiger charge is 2.17. The molecule has 3 heteroatoms. The van der Waals surface area contributed by atoms with Gasteiger partial charge in [-0.25, -0.2) is 4.98 Å². The molecule has 1 atom stereocenters. The molecule has 1 saturated heterocycles. The third-order valence-electron chi connectivity index (χ3n) is 3.98. The molecule has 1 aliphatic rings. The minimum atomic E-state index is 0.599. The van der Waals surface area contributed by atoms with Gasteiger partial charge in [0.2, 0.25) is 0 Å². The summed E-state index contributed by atoms with van der Waals surface area (Å²) in [6.07, 6.45) is 5.25. The van der Waals surface area contributed by atoms with Crippen molar-refractivity contribution in [2.24, 2.45) is 11.7 Å². The number of aryl methyl sites for hydroxylation is 1. The van der Waals surface area contributed by atoms with Crippen LogP contribution in [0.4, 0.5) is 5.82 Å². The van der Waals surface area contributed by atoms with E-state index in [0.717, 1.165) is 30.5 Å². The number of nitrogens with zero attached hydrogens (tertiary/aromatic N) is 2. The van der Waals surface area contributed by atoms with Crippen LogP contribution < -0.4 is 10.6 Å². The molecular weight excluding hydrogens is 222 g/mol. The van der Waals surface area contributed by atoms with Crippen molar-refractivity contribution in [1.82, 2.24) is 4.98 Å². The first kappa shape index (κ1) is 13.3. The minimum Gasteiger partial charge on any atom is -0.357 e. The molecule has 1 unspecified atom stereocenters. The van der Waals surface area contributed by atoms with E-state index in [9.17, 15) is 0 Å². The lowest BCUT2D eigenvalue weighted by Gasteiger charge is -2.22. The van der Waals surface area contributed by atoms with Crippen molar-refractivity contribution in [3.8, 4) is 0 Å². The van der Waals surface area contributed by atoms with Crippen LogP contribution in [-0.4, -0.2) is 18.1 Å². The molecule has 0 radical (unpaired) electrons. The zero-order valence-corrected chi connectivity index (χ0v) is 11.7. The number of aromatic nitrogens is 1. The molecule has 1 aliphatic heterocycles. The lowest BCUT2D eigenvalue weighted by molar-refractivity contribution is 0.459. The van der Waals surface area contributed by atoms with Gasteiger partial charge in [-0.05, 0) is 49.8 Å². The highest BCUT2D eigenvalue weighted by atomic mass is 15.2. The monoisotopic (exact) mass is 247 g/mol. The normalized spacial score (nSPS) is 20.8. The van der Waals surface area contributed by atoms with E-state index in [4.69, 9.17) is 5.73 Å². The fraction of sp³-hybridized carbons (Fsp3) is 0.667. The van der Waals surface area contributed by atoms with E-state index >= 15 is 0 Å². The first-order valence-corrected chi connectivity index (χ1v) is 7.15. The molecule has 1 fully saturated rings. The molecule has 0 bridgehead atoms. The number of rotatable bonds is 3. The standard InChI is InChI=1S/C15H25N3/c1-3-13-5-4-7-18(8-6-13)15-10-14(11-16)9-12(2)17-15/h9-10,13H,3-8,11,16H2,1-2H3. The Balaban J connectivity index is 2.13. The maximum absolute atomic E-state index is 5.75. The van der Waals surface area contributed by atoms with Crippen LogP contribution in [0.2, 0.25) is 0 Å². The van der Waals surface area contributed by atoms with Crippen LogP contribution in [0.3, 0.4) is 0 Å². The lowest BCUT2D eigenvalue weighted by Crippen LogP contribution is -2.25. The predicted octanol–water partition coefficient (Wildman–Crippen LogP) is 2.87. The summed E-state index contributed by atoms with van der Waals surface area (Å²) in [6.45, 7) is 7.23. The van der Waals surface area contributed by atoms with E-state index in [1.54, 1.807) is 0 Å². The Bertz CT molecular complexity index is 389. The molecule has 100 valence electrons. The van der Waals surface area contributed by atoms with Crippen LogP contribution in [0.1, 0.15) is 43.9 Å². The van der Waals surface area contributed by atoms with E-state index in [0.29, 0.717) is 6.54 Å². The van der Waals surface area contributed by atoms with Crippen LogP contribution in [0.15, 0.2) is 12.1 Å². The van der Waals surface area contributed by atoms with Gasteiger partial charge in [0.05, 0.1) is 0 Å². The molecule has 2 N–H and O–H groups in total. The topological polar surface area (TPSA) is 42.1 Å². The Morgan fingerprint density at radius 2 is 2.17 bits per heavy atom. The molecular formula is C15H25N3. The second-order valence-electron chi connectivity index (χ2n) is 5.37. The second kappa shape index (κ2) is 6.19. The maximum Gasteiger partial charge on any atom is 0.129 e. The van der Waals surface area contributed by atoms with Gasteiger partial charge >= 0.3 is 0 Å². The van der Waals surface area contributed by atoms with Gasteiger partial charge in [-0.15, -0.1) is 0 Å². The summed E-state index contributed by atoms with van der Waals surface area (Å²) in [5.41, 5.74) is 8.01. The summed E-state index contributed by atoms with van der Waals surface area (Å²) < 4.78 is 0. The number of hydrogen-bond donors (Lipinski definition) is 1. The van der Waals surface area contributed by atoms with Crippen molar-refractivity contribution >= 4 is 5.82 Å². The van der Waals surface area contributed by atoms with Crippen molar-refractivity contribution in [2.75, 3.05) is 18.0 Å². The second-order valence-corrected chi connectivity index (χ2v) is 5.37.